The zero-order valence-corrected chi connectivity index (χ0v) is 30.6. The van der Waals surface area contributed by atoms with Gasteiger partial charge >= 0.3 is 0 Å². The molecule has 12 aromatic rings. The van der Waals surface area contributed by atoms with Crippen LogP contribution in [-0.2, 0) is 0 Å². The van der Waals surface area contributed by atoms with E-state index in [9.17, 15) is 0 Å². The Morgan fingerprint density at radius 1 is 0.298 bits per heavy atom. The van der Waals surface area contributed by atoms with Crippen molar-refractivity contribution in [2.45, 2.75) is 0 Å². The van der Waals surface area contributed by atoms with Crippen molar-refractivity contribution in [2.75, 3.05) is 0 Å². The minimum atomic E-state index is 0.595. The summed E-state index contributed by atoms with van der Waals surface area (Å²) in [4.78, 5) is 15.8. The van der Waals surface area contributed by atoms with E-state index in [1.807, 2.05) is 0 Å². The van der Waals surface area contributed by atoms with Gasteiger partial charge in [-0.05, 0) is 83.9 Å². The van der Waals surface area contributed by atoms with Gasteiger partial charge in [0.05, 0.1) is 0 Å². The Morgan fingerprint density at radius 3 is 1.63 bits per heavy atom. The molecular weight excluding hydrogens is 695 g/mol. The SMILES string of the molecule is c1ccc2cc(-c3nc(-c4ccc(-c5cccc6ccccc56)cc4)nc(-c4cc5ccc6ccccc6c5c5oc6cc7ccccc7cc6c45)n3)ccc2c1. The molecule has 0 N–H and O–H groups in total. The summed E-state index contributed by atoms with van der Waals surface area (Å²) < 4.78 is 6.94. The maximum absolute atomic E-state index is 6.94. The van der Waals surface area contributed by atoms with Crippen molar-refractivity contribution in [1.82, 2.24) is 15.0 Å². The van der Waals surface area contributed by atoms with Gasteiger partial charge in [0.15, 0.2) is 17.5 Å². The highest BCUT2D eigenvalue weighted by atomic mass is 16.3. The summed E-state index contributed by atoms with van der Waals surface area (Å²) in [6.45, 7) is 0. The third-order valence-electron chi connectivity index (χ3n) is 11.4. The maximum Gasteiger partial charge on any atom is 0.164 e. The summed E-state index contributed by atoms with van der Waals surface area (Å²) in [6.07, 6.45) is 0. The zero-order valence-electron chi connectivity index (χ0n) is 30.6. The highest BCUT2D eigenvalue weighted by molar-refractivity contribution is 6.27. The van der Waals surface area contributed by atoms with Crippen molar-refractivity contribution in [2.24, 2.45) is 0 Å². The molecule has 0 amide bonds. The van der Waals surface area contributed by atoms with Crippen molar-refractivity contribution in [3.63, 3.8) is 0 Å². The first-order valence-corrected chi connectivity index (χ1v) is 19.3. The molecular formula is C53H31N3O. The molecule has 0 fully saturated rings. The lowest BCUT2D eigenvalue weighted by atomic mass is 9.95. The number of nitrogens with zero attached hydrogens (tertiary/aromatic N) is 3. The molecule has 0 radical (unpaired) electrons. The Kier molecular flexibility index (Phi) is 6.89. The second kappa shape index (κ2) is 12.4. The minimum absolute atomic E-state index is 0.595. The van der Waals surface area contributed by atoms with E-state index < -0.39 is 0 Å². The quantitative estimate of drug-likeness (QED) is 0.170. The lowest BCUT2D eigenvalue weighted by Crippen LogP contribution is -2.01. The molecule has 0 atom stereocenters. The van der Waals surface area contributed by atoms with Gasteiger partial charge in [0.1, 0.15) is 11.2 Å². The van der Waals surface area contributed by atoms with Crippen LogP contribution in [0.4, 0.5) is 0 Å². The minimum Gasteiger partial charge on any atom is -0.455 e. The predicted molar refractivity (Wildman–Crippen MR) is 236 cm³/mol. The third kappa shape index (κ3) is 5.12. The van der Waals surface area contributed by atoms with Crippen LogP contribution in [0.5, 0.6) is 0 Å². The van der Waals surface area contributed by atoms with Crippen molar-refractivity contribution in [3.8, 4) is 45.3 Å². The van der Waals surface area contributed by atoms with E-state index in [1.165, 1.54) is 21.7 Å². The van der Waals surface area contributed by atoms with Crippen LogP contribution in [0.3, 0.4) is 0 Å². The fourth-order valence-corrected chi connectivity index (χ4v) is 8.65. The number of hydrogen-bond acceptors (Lipinski definition) is 4. The fraction of sp³-hybridized carbons (Fsp3) is 0. The predicted octanol–water partition coefficient (Wildman–Crippen LogP) is 14.2. The van der Waals surface area contributed by atoms with Crippen molar-refractivity contribution < 1.29 is 4.42 Å². The van der Waals surface area contributed by atoms with Crippen LogP contribution >= 0.6 is 0 Å². The molecule has 0 spiro atoms. The molecule has 12 rings (SSSR count). The molecule has 4 heteroatoms. The molecule has 264 valence electrons. The van der Waals surface area contributed by atoms with Gasteiger partial charge in [0, 0.05) is 32.8 Å². The van der Waals surface area contributed by atoms with Crippen LogP contribution < -0.4 is 0 Å². The highest BCUT2D eigenvalue weighted by Gasteiger charge is 2.22. The summed E-state index contributed by atoms with van der Waals surface area (Å²) >= 11 is 0. The first-order valence-electron chi connectivity index (χ1n) is 19.3. The van der Waals surface area contributed by atoms with Crippen molar-refractivity contribution in [1.29, 1.82) is 0 Å². The van der Waals surface area contributed by atoms with Crippen LogP contribution in [0.1, 0.15) is 0 Å². The molecule has 0 aliphatic rings. The monoisotopic (exact) mass is 725 g/mol. The number of furan rings is 1. The molecule has 0 saturated heterocycles. The normalized spacial score (nSPS) is 11.9. The summed E-state index contributed by atoms with van der Waals surface area (Å²) in [5.41, 5.74) is 6.74. The van der Waals surface area contributed by atoms with Gasteiger partial charge in [-0.25, -0.2) is 15.0 Å². The Balaban J connectivity index is 1.13. The average molecular weight is 726 g/mol. The number of rotatable bonds is 4. The van der Waals surface area contributed by atoms with Gasteiger partial charge in [0.2, 0.25) is 0 Å². The average Bonchev–Trinajstić information content (AvgIpc) is 3.65. The number of hydrogen-bond donors (Lipinski definition) is 0. The molecule has 0 saturated carbocycles. The molecule has 57 heavy (non-hydrogen) atoms. The molecule has 0 bridgehead atoms. The molecule has 10 aromatic carbocycles. The zero-order chi connectivity index (χ0) is 37.5. The summed E-state index contributed by atoms with van der Waals surface area (Å²) in [7, 11) is 0. The smallest absolute Gasteiger partial charge is 0.164 e. The van der Waals surface area contributed by atoms with Gasteiger partial charge in [-0.3, -0.25) is 0 Å². The lowest BCUT2D eigenvalue weighted by Gasteiger charge is -2.12. The number of aromatic nitrogens is 3. The molecule has 0 unspecified atom stereocenters. The van der Waals surface area contributed by atoms with E-state index in [1.54, 1.807) is 0 Å². The van der Waals surface area contributed by atoms with E-state index in [4.69, 9.17) is 19.4 Å². The van der Waals surface area contributed by atoms with Crippen LogP contribution in [-0.4, -0.2) is 15.0 Å². The van der Waals surface area contributed by atoms with Gasteiger partial charge in [-0.15, -0.1) is 0 Å². The molecule has 4 nitrogen and oxygen atoms in total. The number of fused-ring (bicyclic) bond motifs is 10. The second-order valence-corrected chi connectivity index (χ2v) is 14.8. The number of benzene rings is 10. The summed E-state index contributed by atoms with van der Waals surface area (Å²) in [6, 6.07) is 66.4. The van der Waals surface area contributed by atoms with Crippen molar-refractivity contribution >= 4 is 75.8 Å². The van der Waals surface area contributed by atoms with Crippen LogP contribution in [0, 0.1) is 0 Å². The van der Waals surface area contributed by atoms with Crippen LogP contribution in [0.15, 0.2) is 192 Å². The Hall–Kier alpha value is -7.69. The van der Waals surface area contributed by atoms with Crippen molar-refractivity contribution in [3.05, 3.63) is 188 Å². The largest absolute Gasteiger partial charge is 0.455 e. The standard InChI is InChI=1S/C53H31N3O/c1-2-13-37-28-41(27-20-32(37)10-1)52-54-51(36-24-21-35(22-25-36)43-19-9-16-33-11-5-7-17-42(33)43)55-53(56-52)46-30-40-26-23-34-12-6-8-18-44(34)48(40)50-49(46)45-29-38-14-3-4-15-39(38)31-47(45)57-50/h1-31H. The first kappa shape index (κ1) is 31.6. The Morgan fingerprint density at radius 2 is 0.842 bits per heavy atom. The Bertz CT molecular complexity index is 3580. The second-order valence-electron chi connectivity index (χ2n) is 14.8. The third-order valence-corrected chi connectivity index (χ3v) is 11.4. The topological polar surface area (TPSA) is 51.8 Å². The lowest BCUT2D eigenvalue weighted by molar-refractivity contribution is 0.673. The molecule has 0 aliphatic heterocycles. The van der Waals surface area contributed by atoms with E-state index in [0.29, 0.717) is 17.5 Å². The van der Waals surface area contributed by atoms with E-state index >= 15 is 0 Å². The van der Waals surface area contributed by atoms with E-state index in [2.05, 4.69) is 188 Å². The van der Waals surface area contributed by atoms with Gasteiger partial charge < -0.3 is 4.42 Å². The first-order chi connectivity index (χ1) is 28.2. The van der Waals surface area contributed by atoms with Crippen LogP contribution in [0.2, 0.25) is 0 Å². The Labute approximate surface area is 327 Å². The van der Waals surface area contributed by atoms with E-state index in [-0.39, 0.29) is 0 Å². The fourth-order valence-electron chi connectivity index (χ4n) is 8.65. The van der Waals surface area contributed by atoms with Gasteiger partial charge in [-0.2, -0.15) is 0 Å². The maximum atomic E-state index is 6.94. The summed E-state index contributed by atoms with van der Waals surface area (Å²) in [5.74, 6) is 1.82. The van der Waals surface area contributed by atoms with Gasteiger partial charge in [-0.1, -0.05) is 164 Å². The molecule has 2 heterocycles. The highest BCUT2D eigenvalue weighted by Crippen LogP contribution is 2.44. The molecule has 0 aliphatic carbocycles. The van der Waals surface area contributed by atoms with E-state index in [0.717, 1.165) is 81.9 Å². The molecule has 2 aromatic heterocycles. The van der Waals surface area contributed by atoms with Crippen LogP contribution in [0.25, 0.3) is 121 Å². The summed E-state index contributed by atoms with van der Waals surface area (Å²) in [5, 5.41) is 13.5. The van der Waals surface area contributed by atoms with Gasteiger partial charge in [0.25, 0.3) is 0 Å².